The van der Waals surface area contributed by atoms with Gasteiger partial charge in [-0.1, -0.05) is 28.7 Å². The van der Waals surface area contributed by atoms with Gasteiger partial charge in [-0.25, -0.2) is 13.9 Å². The predicted molar refractivity (Wildman–Crippen MR) is 138 cm³/mol. The summed E-state index contributed by atoms with van der Waals surface area (Å²) >= 11 is 1.10. The summed E-state index contributed by atoms with van der Waals surface area (Å²) < 4.78 is 62.1. The van der Waals surface area contributed by atoms with Crippen molar-refractivity contribution < 1.29 is 36.6 Å². The summed E-state index contributed by atoms with van der Waals surface area (Å²) in [5.74, 6) is -1.43. The smallest absolute Gasteiger partial charge is 0.461 e. The molecule has 1 amide bonds. The molecule has 216 valence electrons. The number of aryl methyl sites for hydroxylation is 1. The first-order chi connectivity index (χ1) is 19.6. The molecular weight excluding hydrogens is 570 g/mol. The van der Waals surface area contributed by atoms with E-state index in [1.54, 1.807) is 25.1 Å². The Kier molecular flexibility index (Phi) is 9.54. The van der Waals surface area contributed by atoms with Crippen molar-refractivity contribution in [2.75, 3.05) is 11.9 Å². The number of amides is 1. The van der Waals surface area contributed by atoms with Crippen LogP contribution in [0.4, 0.5) is 22.7 Å². The first-order valence-corrected chi connectivity index (χ1v) is 13.0. The number of carbonyl (C=O) groups excluding carboxylic acids is 2. The number of rotatable bonds is 12. The van der Waals surface area contributed by atoms with Gasteiger partial charge >= 0.3 is 12.3 Å². The summed E-state index contributed by atoms with van der Waals surface area (Å²) in [6.07, 6.45) is -3.12. The largest absolute Gasteiger partial charge is 0.573 e. The van der Waals surface area contributed by atoms with E-state index < -0.39 is 24.4 Å². The van der Waals surface area contributed by atoms with Crippen LogP contribution in [0.15, 0.2) is 48.8 Å². The number of halogens is 4. The lowest BCUT2D eigenvalue weighted by Crippen LogP contribution is -2.17. The lowest BCUT2D eigenvalue weighted by Gasteiger charge is -2.10. The molecule has 1 atom stereocenters. The lowest BCUT2D eigenvalue weighted by atomic mass is 10.1. The number of hydrogen-bond acceptors (Lipinski definition) is 10. The molecule has 0 bridgehead atoms. The van der Waals surface area contributed by atoms with Crippen LogP contribution < -0.4 is 10.1 Å². The van der Waals surface area contributed by atoms with Gasteiger partial charge in [-0.3, -0.25) is 9.78 Å². The topological polar surface area (TPSA) is 134 Å². The number of carbonyl (C=O) groups is 2. The highest BCUT2D eigenvalue weighted by Gasteiger charge is 2.31. The van der Waals surface area contributed by atoms with Crippen molar-refractivity contribution in [3.8, 4) is 16.9 Å². The molecule has 4 aromatic rings. The molecule has 0 aliphatic heterocycles. The van der Waals surface area contributed by atoms with Crippen molar-refractivity contribution >= 4 is 28.3 Å². The normalized spacial score (nSPS) is 12.1. The molecule has 0 saturated carbocycles. The number of nitrogens with zero attached hydrogens (tertiary/aromatic N) is 6. The standard InChI is InChI=1S/C25H23F4N7O4S/c1-2-39-23(38)20-14-36(35-32-20)13-17(26)6-7-22-33-34-24(41-22)31-21(37)12-18-10-16(8-9-30-18)15-4-3-5-19(11-15)40-25(27,28)29/h3-5,8-11,14,17H,2,6-7,12-13H2,1H3,(H,31,34,37). The number of alkyl halides is 4. The average Bonchev–Trinajstić information content (AvgIpc) is 3.56. The third-order valence-corrected chi connectivity index (χ3v) is 6.25. The number of esters is 1. The molecule has 41 heavy (non-hydrogen) atoms. The Labute approximate surface area is 234 Å². The molecule has 1 aromatic carbocycles. The highest BCUT2D eigenvalue weighted by atomic mass is 32.1. The zero-order valence-electron chi connectivity index (χ0n) is 21.5. The number of pyridine rings is 1. The molecule has 0 radical (unpaired) electrons. The molecule has 16 heteroatoms. The van der Waals surface area contributed by atoms with E-state index in [0.717, 1.165) is 11.3 Å². The van der Waals surface area contributed by atoms with Gasteiger partial charge < -0.3 is 14.8 Å². The van der Waals surface area contributed by atoms with E-state index >= 15 is 0 Å². The van der Waals surface area contributed by atoms with Crippen LogP contribution in [0.25, 0.3) is 11.1 Å². The molecule has 1 unspecified atom stereocenters. The van der Waals surface area contributed by atoms with Crippen LogP contribution in [0.2, 0.25) is 0 Å². The number of anilines is 1. The molecule has 0 aliphatic carbocycles. The van der Waals surface area contributed by atoms with E-state index in [2.05, 4.69) is 35.5 Å². The van der Waals surface area contributed by atoms with Gasteiger partial charge in [0.25, 0.3) is 0 Å². The van der Waals surface area contributed by atoms with Gasteiger partial charge in [-0.2, -0.15) is 0 Å². The minimum absolute atomic E-state index is 0.00443. The Morgan fingerprint density at radius 2 is 1.93 bits per heavy atom. The molecule has 3 aromatic heterocycles. The van der Waals surface area contributed by atoms with E-state index in [0.29, 0.717) is 21.8 Å². The monoisotopic (exact) mass is 593 g/mol. The maximum absolute atomic E-state index is 14.5. The predicted octanol–water partition coefficient (Wildman–Crippen LogP) is 4.42. The Bertz CT molecular complexity index is 1490. The van der Waals surface area contributed by atoms with Crippen molar-refractivity contribution in [3.05, 3.63) is 65.2 Å². The van der Waals surface area contributed by atoms with Gasteiger partial charge in [0, 0.05) is 12.6 Å². The van der Waals surface area contributed by atoms with Gasteiger partial charge in [0.2, 0.25) is 11.0 Å². The van der Waals surface area contributed by atoms with Crippen LogP contribution in [0.1, 0.15) is 34.5 Å². The van der Waals surface area contributed by atoms with Crippen molar-refractivity contribution in [1.82, 2.24) is 30.2 Å². The van der Waals surface area contributed by atoms with Gasteiger partial charge in [0.15, 0.2) is 5.69 Å². The van der Waals surface area contributed by atoms with Gasteiger partial charge in [-0.15, -0.1) is 28.5 Å². The zero-order valence-corrected chi connectivity index (χ0v) is 22.3. The maximum atomic E-state index is 14.5. The fourth-order valence-corrected chi connectivity index (χ4v) is 4.39. The number of aromatic nitrogens is 6. The second-order valence-corrected chi connectivity index (χ2v) is 9.58. The van der Waals surface area contributed by atoms with Crippen LogP contribution >= 0.6 is 11.3 Å². The Balaban J connectivity index is 1.27. The minimum atomic E-state index is -4.81. The van der Waals surface area contributed by atoms with E-state index in [1.165, 1.54) is 35.3 Å². The molecule has 11 nitrogen and oxygen atoms in total. The zero-order chi connectivity index (χ0) is 29.4. The molecule has 1 N–H and O–H groups in total. The molecular formula is C25H23F4N7O4S. The van der Waals surface area contributed by atoms with E-state index in [1.807, 2.05) is 0 Å². The third-order valence-electron chi connectivity index (χ3n) is 5.35. The maximum Gasteiger partial charge on any atom is 0.573 e. The highest BCUT2D eigenvalue weighted by Crippen LogP contribution is 2.28. The second kappa shape index (κ2) is 13.3. The SMILES string of the molecule is CCOC(=O)c1cn(CC(F)CCc2nnc(NC(=O)Cc3cc(-c4cccc(OC(F)(F)F)c4)ccn3)s2)nn1. The van der Waals surface area contributed by atoms with E-state index in [-0.39, 0.29) is 49.0 Å². The van der Waals surface area contributed by atoms with Gasteiger partial charge in [-0.05, 0) is 48.7 Å². The quantitative estimate of drug-likeness (QED) is 0.187. The summed E-state index contributed by atoms with van der Waals surface area (Å²) in [4.78, 5) is 28.3. The molecule has 0 fully saturated rings. The number of ether oxygens (including phenoxy) is 2. The highest BCUT2D eigenvalue weighted by molar-refractivity contribution is 7.15. The fourth-order valence-electron chi connectivity index (χ4n) is 3.62. The first kappa shape index (κ1) is 29.5. The van der Waals surface area contributed by atoms with Crippen LogP contribution in [0.5, 0.6) is 5.75 Å². The molecule has 0 aliphatic rings. The number of nitrogens with one attached hydrogen (secondary N) is 1. The lowest BCUT2D eigenvalue weighted by molar-refractivity contribution is -0.274. The summed E-state index contributed by atoms with van der Waals surface area (Å²) in [6.45, 7) is 1.74. The Morgan fingerprint density at radius 1 is 1.12 bits per heavy atom. The van der Waals surface area contributed by atoms with Crippen molar-refractivity contribution in [2.45, 2.75) is 45.3 Å². The van der Waals surface area contributed by atoms with Crippen LogP contribution in [-0.4, -0.2) is 61.2 Å². The third kappa shape index (κ3) is 9.02. The molecule has 0 saturated heterocycles. The van der Waals surface area contributed by atoms with Crippen molar-refractivity contribution in [2.24, 2.45) is 0 Å². The van der Waals surface area contributed by atoms with Crippen LogP contribution in [-0.2, 0) is 28.9 Å². The second-order valence-electron chi connectivity index (χ2n) is 8.52. The molecule has 3 heterocycles. The fraction of sp³-hybridized carbons (Fsp3) is 0.320. The first-order valence-electron chi connectivity index (χ1n) is 12.2. The van der Waals surface area contributed by atoms with Gasteiger partial charge in [0.05, 0.1) is 31.5 Å². The molecule has 0 spiro atoms. The van der Waals surface area contributed by atoms with Crippen molar-refractivity contribution in [3.63, 3.8) is 0 Å². The van der Waals surface area contributed by atoms with Crippen molar-refractivity contribution in [1.29, 1.82) is 0 Å². The van der Waals surface area contributed by atoms with Gasteiger partial charge in [0.1, 0.15) is 16.9 Å². The minimum Gasteiger partial charge on any atom is -0.461 e. The Morgan fingerprint density at radius 3 is 2.71 bits per heavy atom. The summed E-state index contributed by atoms with van der Waals surface area (Å²) in [6, 6.07) is 8.66. The van der Waals surface area contributed by atoms with E-state index in [4.69, 9.17) is 4.74 Å². The van der Waals surface area contributed by atoms with Crippen LogP contribution in [0.3, 0.4) is 0 Å². The van der Waals surface area contributed by atoms with Crippen LogP contribution in [0, 0.1) is 0 Å². The number of benzene rings is 1. The molecule has 4 rings (SSSR count). The Hall–Kier alpha value is -4.47. The summed E-state index contributed by atoms with van der Waals surface area (Å²) in [5, 5.41) is 18.6. The van der Waals surface area contributed by atoms with E-state index in [9.17, 15) is 27.2 Å². The average molecular weight is 594 g/mol. The number of hydrogen-bond donors (Lipinski definition) is 1. The summed E-state index contributed by atoms with van der Waals surface area (Å²) in [5.41, 5.74) is 1.39. The summed E-state index contributed by atoms with van der Waals surface area (Å²) in [7, 11) is 0.